The number of ether oxygens (including phenoxy) is 1. The lowest BCUT2D eigenvalue weighted by Gasteiger charge is -2.10. The molecule has 2 aromatic carbocycles. The van der Waals surface area contributed by atoms with Crippen LogP contribution in [0.5, 0.6) is 5.75 Å². The van der Waals surface area contributed by atoms with Gasteiger partial charge in [-0.2, -0.15) is 5.10 Å². The number of carbonyl (C=O) groups excluding carboxylic acids is 1. The normalized spacial score (nSPS) is 10.9. The van der Waals surface area contributed by atoms with Crippen LogP contribution >= 0.6 is 23.2 Å². The van der Waals surface area contributed by atoms with Crippen molar-refractivity contribution in [1.82, 2.24) is 15.7 Å². The minimum Gasteiger partial charge on any atom is -0.488 e. The summed E-state index contributed by atoms with van der Waals surface area (Å²) in [4.78, 5) is 22.4. The maximum atomic E-state index is 11.9. The number of nitrogens with two attached hydrogens (primary N) is 1. The zero-order chi connectivity index (χ0) is 21.7. The third-order valence-electron chi connectivity index (χ3n) is 3.70. The van der Waals surface area contributed by atoms with Gasteiger partial charge in [-0.1, -0.05) is 29.3 Å². The second-order valence-corrected chi connectivity index (χ2v) is 6.54. The number of nitrogens with zero attached hydrogens (tertiary/aromatic N) is 4. The molecule has 0 radical (unpaired) electrons. The van der Waals surface area contributed by atoms with Gasteiger partial charge in [0, 0.05) is 33.3 Å². The maximum Gasteiger partial charge on any atom is 0.297 e. The molecular weight excluding hydrogens is 439 g/mol. The molecule has 30 heavy (non-hydrogen) atoms. The van der Waals surface area contributed by atoms with Crippen LogP contribution < -0.4 is 15.9 Å². The van der Waals surface area contributed by atoms with Gasteiger partial charge in [0.1, 0.15) is 12.4 Å². The topological polar surface area (TPSA) is 159 Å². The molecule has 0 unspecified atom stereocenters. The van der Waals surface area contributed by atoms with Gasteiger partial charge in [0.25, 0.3) is 11.6 Å². The fraction of sp³-hybridized carbons (Fsp3) is 0.0588. The quantitative estimate of drug-likeness (QED) is 0.315. The summed E-state index contributed by atoms with van der Waals surface area (Å²) in [6.07, 6.45) is 1.17. The van der Waals surface area contributed by atoms with Crippen LogP contribution in [0.2, 0.25) is 10.0 Å². The highest BCUT2D eigenvalue weighted by Crippen LogP contribution is 2.26. The Kier molecular flexibility index (Phi) is 6.45. The summed E-state index contributed by atoms with van der Waals surface area (Å²) in [5, 5.41) is 22.3. The molecule has 0 spiro atoms. The first-order chi connectivity index (χ1) is 14.3. The SMILES string of the molecule is Nc1nonc1C(=O)N/N=C\c1cc([N+](=O)[O-])ccc1OCc1ccc(Cl)cc1Cl. The van der Waals surface area contributed by atoms with Gasteiger partial charge in [0.15, 0.2) is 0 Å². The van der Waals surface area contributed by atoms with E-state index < -0.39 is 10.8 Å². The number of benzene rings is 2. The van der Waals surface area contributed by atoms with Gasteiger partial charge in [-0.3, -0.25) is 14.9 Å². The Hall–Kier alpha value is -3.70. The second kappa shape index (κ2) is 9.20. The molecule has 0 aliphatic rings. The zero-order valence-electron chi connectivity index (χ0n) is 14.9. The van der Waals surface area contributed by atoms with E-state index in [4.69, 9.17) is 33.7 Å². The number of hydrogen-bond donors (Lipinski definition) is 2. The van der Waals surface area contributed by atoms with Crippen molar-refractivity contribution in [2.45, 2.75) is 6.61 Å². The lowest BCUT2D eigenvalue weighted by atomic mass is 10.2. The molecule has 0 aliphatic heterocycles. The fourth-order valence-corrected chi connectivity index (χ4v) is 2.71. The molecule has 0 saturated heterocycles. The molecule has 0 atom stereocenters. The molecule has 1 aromatic heterocycles. The van der Waals surface area contributed by atoms with Gasteiger partial charge in [-0.15, -0.1) is 0 Å². The van der Waals surface area contributed by atoms with Crippen molar-refractivity contribution in [3.05, 3.63) is 73.4 Å². The second-order valence-electron chi connectivity index (χ2n) is 5.70. The lowest BCUT2D eigenvalue weighted by Crippen LogP contribution is -2.19. The van der Waals surface area contributed by atoms with E-state index in [0.717, 1.165) is 0 Å². The number of nitro benzene ring substituents is 1. The number of halogens is 2. The number of non-ortho nitro benzene ring substituents is 1. The molecule has 13 heteroatoms. The van der Waals surface area contributed by atoms with Crippen LogP contribution in [-0.4, -0.2) is 27.4 Å². The number of nitrogens with one attached hydrogen (secondary N) is 1. The number of nitrogen functional groups attached to an aromatic ring is 1. The Morgan fingerprint density at radius 3 is 2.77 bits per heavy atom. The van der Waals surface area contributed by atoms with E-state index >= 15 is 0 Å². The molecule has 3 aromatic rings. The first-order valence-corrected chi connectivity index (χ1v) is 8.87. The van der Waals surface area contributed by atoms with Crippen molar-refractivity contribution < 1.29 is 19.1 Å². The van der Waals surface area contributed by atoms with Crippen LogP contribution in [0.3, 0.4) is 0 Å². The van der Waals surface area contributed by atoms with E-state index in [0.29, 0.717) is 15.6 Å². The monoisotopic (exact) mass is 450 g/mol. The smallest absolute Gasteiger partial charge is 0.297 e. The summed E-state index contributed by atoms with van der Waals surface area (Å²) in [5.41, 5.74) is 8.04. The molecule has 11 nitrogen and oxygen atoms in total. The average molecular weight is 451 g/mol. The summed E-state index contributed by atoms with van der Waals surface area (Å²) in [5.74, 6) is -0.708. The standard InChI is InChI=1S/C17H12Cl2N6O5/c18-11-2-1-9(13(19)6-11)8-29-14-4-3-12(25(27)28)5-10(14)7-21-22-17(26)15-16(20)24-30-23-15/h1-7H,8H2,(H2,20,24)(H,22,26)/b21-7-. The molecule has 3 N–H and O–H groups in total. The van der Waals surface area contributed by atoms with Gasteiger partial charge in [0.05, 0.1) is 11.1 Å². The highest BCUT2D eigenvalue weighted by Gasteiger charge is 2.16. The van der Waals surface area contributed by atoms with Gasteiger partial charge in [-0.25, -0.2) is 10.1 Å². The van der Waals surface area contributed by atoms with Crippen LogP contribution in [-0.2, 0) is 6.61 Å². The molecule has 154 valence electrons. The zero-order valence-corrected chi connectivity index (χ0v) is 16.4. The first-order valence-electron chi connectivity index (χ1n) is 8.11. The molecular formula is C17H12Cl2N6O5. The van der Waals surface area contributed by atoms with E-state index in [1.54, 1.807) is 18.2 Å². The maximum absolute atomic E-state index is 11.9. The van der Waals surface area contributed by atoms with Gasteiger partial charge in [0.2, 0.25) is 11.5 Å². The molecule has 3 rings (SSSR count). The Bertz CT molecular complexity index is 1130. The number of carbonyl (C=O) groups is 1. The van der Waals surface area contributed by atoms with Crippen LogP contribution in [0, 0.1) is 10.1 Å². The third kappa shape index (κ3) is 5.01. The molecule has 0 fully saturated rings. The Labute approximate surface area is 178 Å². The summed E-state index contributed by atoms with van der Waals surface area (Å²) in [7, 11) is 0. The van der Waals surface area contributed by atoms with E-state index in [-0.39, 0.29) is 35.1 Å². The number of hydrazone groups is 1. The highest BCUT2D eigenvalue weighted by molar-refractivity contribution is 6.35. The summed E-state index contributed by atoms with van der Waals surface area (Å²) in [6.45, 7) is 0.0716. The Morgan fingerprint density at radius 1 is 1.30 bits per heavy atom. The molecule has 1 amide bonds. The third-order valence-corrected chi connectivity index (χ3v) is 4.29. The van der Waals surface area contributed by atoms with Crippen LogP contribution in [0.4, 0.5) is 11.5 Å². The van der Waals surface area contributed by atoms with Crippen molar-refractivity contribution in [2.75, 3.05) is 5.73 Å². The van der Waals surface area contributed by atoms with Gasteiger partial charge >= 0.3 is 0 Å². The van der Waals surface area contributed by atoms with Crippen molar-refractivity contribution >= 4 is 46.8 Å². The van der Waals surface area contributed by atoms with Crippen molar-refractivity contribution in [1.29, 1.82) is 0 Å². The largest absolute Gasteiger partial charge is 0.488 e. The van der Waals surface area contributed by atoms with E-state index in [1.165, 1.54) is 24.4 Å². The van der Waals surface area contributed by atoms with Gasteiger partial charge < -0.3 is 10.5 Å². The van der Waals surface area contributed by atoms with E-state index in [9.17, 15) is 14.9 Å². The fourth-order valence-electron chi connectivity index (χ4n) is 2.24. The summed E-state index contributed by atoms with van der Waals surface area (Å²) >= 11 is 12.0. The van der Waals surface area contributed by atoms with Crippen molar-refractivity contribution in [3.8, 4) is 5.75 Å². The number of anilines is 1. The number of nitro groups is 1. The number of amides is 1. The summed E-state index contributed by atoms with van der Waals surface area (Å²) in [6, 6.07) is 8.84. The minimum absolute atomic E-state index is 0.0716. The number of rotatable bonds is 7. The average Bonchev–Trinajstić information content (AvgIpc) is 3.13. The minimum atomic E-state index is -0.772. The lowest BCUT2D eigenvalue weighted by molar-refractivity contribution is -0.384. The number of hydrogen-bond acceptors (Lipinski definition) is 9. The first kappa shape index (κ1) is 21.0. The van der Waals surface area contributed by atoms with E-state index in [1.807, 2.05) is 0 Å². The van der Waals surface area contributed by atoms with Crippen LogP contribution in [0.1, 0.15) is 21.6 Å². The molecule has 0 bridgehead atoms. The van der Waals surface area contributed by atoms with Crippen LogP contribution in [0.15, 0.2) is 46.1 Å². The Balaban J connectivity index is 1.78. The molecule has 0 aliphatic carbocycles. The van der Waals surface area contributed by atoms with Gasteiger partial charge in [-0.05, 0) is 28.5 Å². The van der Waals surface area contributed by atoms with Crippen molar-refractivity contribution in [3.63, 3.8) is 0 Å². The Morgan fingerprint density at radius 2 is 2.10 bits per heavy atom. The predicted molar refractivity (Wildman–Crippen MR) is 108 cm³/mol. The summed E-state index contributed by atoms with van der Waals surface area (Å²) < 4.78 is 10.0. The predicted octanol–water partition coefficient (Wildman–Crippen LogP) is 3.21. The molecule has 1 heterocycles. The van der Waals surface area contributed by atoms with Crippen LogP contribution in [0.25, 0.3) is 0 Å². The number of aromatic nitrogens is 2. The highest BCUT2D eigenvalue weighted by atomic mass is 35.5. The molecule has 0 saturated carbocycles. The van der Waals surface area contributed by atoms with Crippen molar-refractivity contribution in [2.24, 2.45) is 5.10 Å². The van der Waals surface area contributed by atoms with E-state index in [2.05, 4.69) is 25.5 Å².